The van der Waals surface area contributed by atoms with Crippen LogP contribution < -0.4 is 4.74 Å². The summed E-state index contributed by atoms with van der Waals surface area (Å²) in [6.07, 6.45) is 2.39. The lowest BCUT2D eigenvalue weighted by Crippen LogP contribution is -2.00. The molecule has 15 heavy (non-hydrogen) atoms. The minimum atomic E-state index is -0.440. The van der Waals surface area contributed by atoms with Crippen molar-refractivity contribution in [1.82, 2.24) is 0 Å². The van der Waals surface area contributed by atoms with Crippen LogP contribution in [0.2, 0.25) is 5.02 Å². The first-order chi connectivity index (χ1) is 7.25. The summed E-state index contributed by atoms with van der Waals surface area (Å²) in [5.74, 6) is -0.326. The third-order valence-electron chi connectivity index (χ3n) is 1.97. The van der Waals surface area contributed by atoms with E-state index in [1.165, 1.54) is 12.1 Å². The van der Waals surface area contributed by atoms with Crippen molar-refractivity contribution in [3.8, 4) is 5.75 Å². The van der Waals surface area contributed by atoms with Crippen molar-refractivity contribution in [3.63, 3.8) is 0 Å². The second-order valence-corrected chi connectivity index (χ2v) is 3.59. The predicted molar refractivity (Wildman–Crippen MR) is 57.8 cm³/mol. The first kappa shape index (κ1) is 12.3. The van der Waals surface area contributed by atoms with Gasteiger partial charge in [0.15, 0.2) is 11.6 Å². The Bertz CT molecular complexity index is 284. The Morgan fingerprint density at radius 1 is 1.27 bits per heavy atom. The Kier molecular flexibility index (Phi) is 5.43. The van der Waals surface area contributed by atoms with Crippen LogP contribution in [0.5, 0.6) is 5.75 Å². The fourth-order valence-corrected chi connectivity index (χ4v) is 1.40. The maximum Gasteiger partial charge on any atom is 0.173 e. The molecule has 0 heterocycles. The lowest BCUT2D eigenvalue weighted by molar-refractivity contribution is 0.261. The number of aliphatic hydroxyl groups is 1. The van der Waals surface area contributed by atoms with Gasteiger partial charge in [0.2, 0.25) is 0 Å². The molecule has 0 atom stereocenters. The molecule has 0 saturated heterocycles. The molecule has 0 amide bonds. The molecule has 0 spiro atoms. The van der Waals surface area contributed by atoms with Crippen molar-refractivity contribution >= 4 is 11.6 Å². The van der Waals surface area contributed by atoms with Gasteiger partial charge in [0, 0.05) is 6.61 Å². The molecule has 2 nitrogen and oxygen atoms in total. The molecule has 0 aliphatic heterocycles. The SMILES string of the molecule is OCCCCCOc1c(F)cccc1Cl. The molecular formula is C11H14ClFO2. The van der Waals surface area contributed by atoms with Gasteiger partial charge in [0.1, 0.15) is 0 Å². The number of aliphatic hydroxyl groups excluding tert-OH is 1. The average Bonchev–Trinajstić information content (AvgIpc) is 2.21. The highest BCUT2D eigenvalue weighted by molar-refractivity contribution is 6.32. The smallest absolute Gasteiger partial charge is 0.173 e. The summed E-state index contributed by atoms with van der Waals surface area (Å²) in [5.41, 5.74) is 0. The van der Waals surface area contributed by atoms with Gasteiger partial charge in [-0.15, -0.1) is 0 Å². The standard InChI is InChI=1S/C11H14ClFO2/c12-9-5-4-6-10(13)11(9)15-8-3-1-2-7-14/h4-6,14H,1-3,7-8H2. The zero-order valence-electron chi connectivity index (χ0n) is 8.38. The van der Waals surface area contributed by atoms with E-state index in [4.69, 9.17) is 21.4 Å². The number of ether oxygens (including phenoxy) is 1. The lowest BCUT2D eigenvalue weighted by atomic mass is 10.2. The molecule has 1 N–H and O–H groups in total. The normalized spacial score (nSPS) is 10.3. The Hall–Kier alpha value is -0.800. The third-order valence-corrected chi connectivity index (χ3v) is 2.27. The number of hydrogen-bond donors (Lipinski definition) is 1. The van der Waals surface area contributed by atoms with E-state index in [2.05, 4.69) is 0 Å². The van der Waals surface area contributed by atoms with Crippen LogP contribution >= 0.6 is 11.6 Å². The van der Waals surface area contributed by atoms with E-state index in [0.29, 0.717) is 6.61 Å². The number of para-hydroxylation sites is 1. The van der Waals surface area contributed by atoms with Crippen LogP contribution in [-0.4, -0.2) is 18.3 Å². The van der Waals surface area contributed by atoms with E-state index in [0.717, 1.165) is 19.3 Å². The van der Waals surface area contributed by atoms with Crippen LogP contribution in [0.1, 0.15) is 19.3 Å². The van der Waals surface area contributed by atoms with E-state index in [1.54, 1.807) is 6.07 Å². The van der Waals surface area contributed by atoms with Crippen molar-refractivity contribution in [3.05, 3.63) is 29.0 Å². The van der Waals surface area contributed by atoms with Gasteiger partial charge < -0.3 is 9.84 Å². The molecule has 1 aromatic rings. The Morgan fingerprint density at radius 2 is 2.07 bits per heavy atom. The molecule has 0 aliphatic carbocycles. The fourth-order valence-electron chi connectivity index (χ4n) is 1.19. The van der Waals surface area contributed by atoms with Crippen LogP contribution in [0.15, 0.2) is 18.2 Å². The summed E-state index contributed by atoms with van der Waals surface area (Å²) < 4.78 is 18.4. The van der Waals surface area contributed by atoms with Gasteiger partial charge in [-0.3, -0.25) is 0 Å². The van der Waals surface area contributed by atoms with Crippen molar-refractivity contribution < 1.29 is 14.2 Å². The minimum absolute atomic E-state index is 0.114. The lowest BCUT2D eigenvalue weighted by Gasteiger charge is -2.08. The van der Waals surface area contributed by atoms with Crippen molar-refractivity contribution in [2.75, 3.05) is 13.2 Å². The molecule has 1 aromatic carbocycles. The first-order valence-electron chi connectivity index (χ1n) is 4.93. The molecule has 0 fully saturated rings. The summed E-state index contributed by atoms with van der Waals surface area (Å²) in [5, 5.41) is 8.84. The molecule has 4 heteroatoms. The van der Waals surface area contributed by atoms with Crippen molar-refractivity contribution in [1.29, 1.82) is 0 Å². The largest absolute Gasteiger partial charge is 0.489 e. The first-order valence-corrected chi connectivity index (χ1v) is 5.31. The Balaban J connectivity index is 2.37. The van der Waals surface area contributed by atoms with Gasteiger partial charge in [-0.1, -0.05) is 17.7 Å². The quantitative estimate of drug-likeness (QED) is 0.764. The molecular weight excluding hydrogens is 219 g/mol. The maximum absolute atomic E-state index is 13.2. The summed E-state index contributed by atoms with van der Waals surface area (Å²) in [6, 6.07) is 4.44. The van der Waals surface area contributed by atoms with E-state index < -0.39 is 5.82 Å². The molecule has 0 aromatic heterocycles. The molecule has 0 aliphatic rings. The van der Waals surface area contributed by atoms with Gasteiger partial charge in [-0.05, 0) is 31.4 Å². The summed E-state index contributed by atoms with van der Waals surface area (Å²) in [4.78, 5) is 0. The molecule has 0 bridgehead atoms. The van der Waals surface area contributed by atoms with Crippen LogP contribution in [0.25, 0.3) is 0 Å². The molecule has 0 radical (unpaired) electrons. The topological polar surface area (TPSA) is 29.5 Å². The van der Waals surface area contributed by atoms with Gasteiger partial charge in [-0.2, -0.15) is 0 Å². The van der Waals surface area contributed by atoms with E-state index in [9.17, 15) is 4.39 Å². The monoisotopic (exact) mass is 232 g/mol. The summed E-state index contributed by atoms with van der Waals surface area (Å²) in [7, 11) is 0. The van der Waals surface area contributed by atoms with Gasteiger partial charge in [0.05, 0.1) is 11.6 Å². The predicted octanol–water partition coefficient (Wildman–Crippen LogP) is 3.02. The van der Waals surface area contributed by atoms with Crippen LogP contribution in [-0.2, 0) is 0 Å². The second kappa shape index (κ2) is 6.64. The van der Waals surface area contributed by atoms with E-state index >= 15 is 0 Å². The highest BCUT2D eigenvalue weighted by atomic mass is 35.5. The summed E-state index contributed by atoms with van der Waals surface area (Å²) in [6.45, 7) is 0.598. The molecule has 0 unspecified atom stereocenters. The highest BCUT2D eigenvalue weighted by Crippen LogP contribution is 2.27. The van der Waals surface area contributed by atoms with Gasteiger partial charge in [-0.25, -0.2) is 4.39 Å². The number of benzene rings is 1. The number of halogens is 2. The van der Waals surface area contributed by atoms with Crippen LogP contribution in [0.3, 0.4) is 0 Å². The van der Waals surface area contributed by atoms with Crippen LogP contribution in [0, 0.1) is 5.82 Å². The maximum atomic E-state index is 13.2. The zero-order valence-corrected chi connectivity index (χ0v) is 9.13. The fraction of sp³-hybridized carbons (Fsp3) is 0.455. The third kappa shape index (κ3) is 4.06. The Labute approximate surface area is 93.6 Å². The molecule has 0 saturated carbocycles. The summed E-state index contributed by atoms with van der Waals surface area (Å²) >= 11 is 5.76. The Morgan fingerprint density at radius 3 is 2.73 bits per heavy atom. The number of hydrogen-bond acceptors (Lipinski definition) is 2. The van der Waals surface area contributed by atoms with Crippen LogP contribution in [0.4, 0.5) is 4.39 Å². The molecule has 1 rings (SSSR count). The average molecular weight is 233 g/mol. The highest BCUT2D eigenvalue weighted by Gasteiger charge is 2.07. The number of rotatable bonds is 6. The number of unbranched alkanes of at least 4 members (excludes halogenated alkanes) is 2. The van der Waals surface area contributed by atoms with Gasteiger partial charge in [0.25, 0.3) is 0 Å². The van der Waals surface area contributed by atoms with E-state index in [1.807, 2.05) is 0 Å². The molecule has 84 valence electrons. The van der Waals surface area contributed by atoms with Crippen molar-refractivity contribution in [2.24, 2.45) is 0 Å². The van der Waals surface area contributed by atoms with Gasteiger partial charge >= 0.3 is 0 Å². The zero-order chi connectivity index (χ0) is 11.1. The minimum Gasteiger partial charge on any atom is -0.489 e. The van der Waals surface area contributed by atoms with E-state index in [-0.39, 0.29) is 17.4 Å². The second-order valence-electron chi connectivity index (χ2n) is 3.18. The van der Waals surface area contributed by atoms with Crippen molar-refractivity contribution in [2.45, 2.75) is 19.3 Å².